The number of allylic oxidation sites excluding steroid dienone is 2. The number of aryl methyl sites for hydroxylation is 1. The summed E-state index contributed by atoms with van der Waals surface area (Å²) < 4.78 is 16.1. The van der Waals surface area contributed by atoms with E-state index >= 15 is 0 Å². The normalized spacial score (nSPS) is 24.3. The van der Waals surface area contributed by atoms with Crippen LogP contribution in [-0.4, -0.2) is 31.8 Å². The molecule has 0 spiro atoms. The van der Waals surface area contributed by atoms with Crippen LogP contribution >= 0.6 is 12.6 Å². The van der Waals surface area contributed by atoms with E-state index in [-0.39, 0.29) is 29.8 Å². The van der Waals surface area contributed by atoms with Gasteiger partial charge in [-0.1, -0.05) is 6.08 Å². The molecule has 1 N–H and O–H groups in total. The van der Waals surface area contributed by atoms with Crippen molar-refractivity contribution in [3.05, 3.63) is 46.0 Å². The van der Waals surface area contributed by atoms with Gasteiger partial charge in [0, 0.05) is 23.8 Å². The molecule has 0 fully saturated rings. The van der Waals surface area contributed by atoms with E-state index in [1.165, 1.54) is 0 Å². The molecule has 0 amide bonds. The van der Waals surface area contributed by atoms with Crippen molar-refractivity contribution in [2.45, 2.75) is 32.3 Å². The van der Waals surface area contributed by atoms with E-state index in [9.17, 15) is 9.59 Å². The van der Waals surface area contributed by atoms with Gasteiger partial charge in [-0.2, -0.15) is 0 Å². The second-order valence-corrected chi connectivity index (χ2v) is 6.71. The zero-order valence-corrected chi connectivity index (χ0v) is 16.0. The minimum atomic E-state index is -0.448. The van der Waals surface area contributed by atoms with E-state index in [0.29, 0.717) is 24.0 Å². The number of hydrogen-bond donors (Lipinski definition) is 2. The monoisotopic (exact) mass is 377 g/mol. The highest BCUT2D eigenvalue weighted by molar-refractivity contribution is 7.80. The summed E-state index contributed by atoms with van der Waals surface area (Å²) in [5, 5.41) is 3.08. The van der Waals surface area contributed by atoms with Gasteiger partial charge in [0.1, 0.15) is 12.2 Å². The first-order chi connectivity index (χ1) is 12.5. The first-order valence-electron chi connectivity index (χ1n) is 8.51. The predicted octanol–water partition coefficient (Wildman–Crippen LogP) is 2.84. The maximum Gasteiger partial charge on any atom is 0.310 e. The van der Waals surface area contributed by atoms with Gasteiger partial charge in [0.05, 0.1) is 5.92 Å². The fraction of sp³-hybridized carbons (Fsp3) is 0.474. The van der Waals surface area contributed by atoms with Crippen LogP contribution in [0.25, 0.3) is 0 Å². The standard InChI is InChI=1S/C19H23NO5S/c1-10-6-15-14(17(20-2)25-19(15)23-3)8-13(10)16(21)11-4-5-12(7-11)18(22)24-9-26/h4,6,8,12,17,19-20,26H,5,7,9H2,1-3H3. The second-order valence-electron chi connectivity index (χ2n) is 6.46. The predicted molar refractivity (Wildman–Crippen MR) is 98.9 cm³/mol. The molecule has 1 aromatic carbocycles. The molecular weight excluding hydrogens is 354 g/mol. The van der Waals surface area contributed by atoms with E-state index in [1.807, 2.05) is 25.1 Å². The van der Waals surface area contributed by atoms with Crippen molar-refractivity contribution in [1.29, 1.82) is 0 Å². The van der Waals surface area contributed by atoms with Crippen LogP contribution in [0.5, 0.6) is 0 Å². The minimum Gasteiger partial charge on any atom is -0.455 e. The number of rotatable bonds is 6. The summed E-state index contributed by atoms with van der Waals surface area (Å²) in [5.41, 5.74) is 3.96. The van der Waals surface area contributed by atoms with Gasteiger partial charge >= 0.3 is 5.97 Å². The van der Waals surface area contributed by atoms with Gasteiger partial charge in [0.2, 0.25) is 0 Å². The first kappa shape index (κ1) is 19.1. The number of Topliss-reactive ketones (excluding diaryl/α,β-unsaturated/α-hetero) is 1. The molecule has 140 valence electrons. The zero-order chi connectivity index (χ0) is 18.8. The molecule has 26 heavy (non-hydrogen) atoms. The van der Waals surface area contributed by atoms with Gasteiger partial charge in [-0.15, -0.1) is 12.6 Å². The molecule has 3 atom stereocenters. The number of fused-ring (bicyclic) bond motifs is 1. The molecule has 1 aromatic rings. The lowest BCUT2D eigenvalue weighted by molar-refractivity contribution is -0.148. The van der Waals surface area contributed by atoms with Crippen molar-refractivity contribution in [2.75, 3.05) is 20.1 Å². The minimum absolute atomic E-state index is 0.0502. The lowest BCUT2D eigenvalue weighted by Gasteiger charge is -2.13. The molecule has 0 radical (unpaired) electrons. The van der Waals surface area contributed by atoms with Gasteiger partial charge in [0.15, 0.2) is 12.1 Å². The Kier molecular flexibility index (Phi) is 5.82. The Morgan fingerprint density at radius 2 is 2.12 bits per heavy atom. The number of benzene rings is 1. The summed E-state index contributed by atoms with van der Waals surface area (Å²) >= 11 is 3.90. The van der Waals surface area contributed by atoms with Gasteiger partial charge < -0.3 is 14.2 Å². The van der Waals surface area contributed by atoms with Gasteiger partial charge in [-0.05, 0) is 50.1 Å². The molecule has 0 saturated heterocycles. The fourth-order valence-electron chi connectivity index (χ4n) is 3.54. The number of thiol groups is 1. The Bertz CT molecular complexity index is 761. The summed E-state index contributed by atoms with van der Waals surface area (Å²) in [4.78, 5) is 24.9. The SMILES string of the molecule is CNC1OC(OC)c2cc(C)c(C(=O)C3=CCC(C(=O)OCS)C3)cc21. The summed E-state index contributed by atoms with van der Waals surface area (Å²) in [5.74, 6) is -0.616. The first-order valence-corrected chi connectivity index (χ1v) is 9.14. The lowest BCUT2D eigenvalue weighted by atomic mass is 9.92. The van der Waals surface area contributed by atoms with Gasteiger partial charge in [0.25, 0.3) is 0 Å². The molecule has 0 aromatic heterocycles. The average molecular weight is 377 g/mol. The van der Waals surface area contributed by atoms with Crippen LogP contribution in [-0.2, 0) is 19.0 Å². The lowest BCUT2D eigenvalue weighted by Crippen LogP contribution is -2.17. The number of ether oxygens (including phenoxy) is 3. The highest BCUT2D eigenvalue weighted by atomic mass is 32.1. The maximum absolute atomic E-state index is 13.0. The van der Waals surface area contributed by atoms with E-state index in [0.717, 1.165) is 16.7 Å². The molecule has 0 bridgehead atoms. The van der Waals surface area contributed by atoms with Crippen molar-refractivity contribution < 1.29 is 23.8 Å². The number of methoxy groups -OCH3 is 1. The molecule has 1 aliphatic carbocycles. The number of carbonyl (C=O) groups excluding carboxylic acids is 2. The van der Waals surface area contributed by atoms with Crippen LogP contribution in [0.15, 0.2) is 23.8 Å². The number of nitrogens with one attached hydrogen (secondary N) is 1. The van der Waals surface area contributed by atoms with E-state index in [4.69, 9.17) is 14.2 Å². The highest BCUT2D eigenvalue weighted by Crippen LogP contribution is 2.40. The Hall–Kier alpha value is -1.67. The van der Waals surface area contributed by atoms with Crippen LogP contribution in [0.1, 0.15) is 52.4 Å². The molecule has 2 aliphatic rings. The number of ketones is 1. The third kappa shape index (κ3) is 3.44. The van der Waals surface area contributed by atoms with Crippen molar-refractivity contribution in [1.82, 2.24) is 5.32 Å². The second kappa shape index (κ2) is 7.92. The maximum atomic E-state index is 13.0. The molecule has 7 heteroatoms. The van der Waals surface area contributed by atoms with Gasteiger partial charge in [-0.3, -0.25) is 14.9 Å². The molecular formula is C19H23NO5S. The number of esters is 1. The summed E-state index contributed by atoms with van der Waals surface area (Å²) in [6.45, 7) is 1.90. The fourth-order valence-corrected chi connectivity index (χ4v) is 3.66. The molecule has 3 rings (SSSR count). The third-order valence-corrected chi connectivity index (χ3v) is 5.02. The molecule has 1 heterocycles. The Labute approximate surface area is 158 Å². The Morgan fingerprint density at radius 1 is 1.35 bits per heavy atom. The summed E-state index contributed by atoms with van der Waals surface area (Å²) in [7, 11) is 3.39. The van der Waals surface area contributed by atoms with Gasteiger partial charge in [-0.25, -0.2) is 0 Å². The smallest absolute Gasteiger partial charge is 0.310 e. The zero-order valence-electron chi connectivity index (χ0n) is 15.1. The molecule has 1 aliphatic heterocycles. The highest BCUT2D eigenvalue weighted by Gasteiger charge is 2.34. The van der Waals surface area contributed by atoms with Crippen LogP contribution in [0.3, 0.4) is 0 Å². The average Bonchev–Trinajstić information content (AvgIpc) is 3.25. The number of carbonyl (C=O) groups is 2. The molecule has 0 saturated carbocycles. The van der Waals surface area contributed by atoms with Crippen LogP contribution in [0, 0.1) is 12.8 Å². The Balaban J connectivity index is 1.84. The van der Waals surface area contributed by atoms with E-state index < -0.39 is 6.29 Å². The van der Waals surface area contributed by atoms with Crippen LogP contribution in [0.4, 0.5) is 0 Å². The summed E-state index contributed by atoms with van der Waals surface area (Å²) in [6.07, 6.45) is 1.98. The van der Waals surface area contributed by atoms with Crippen molar-refractivity contribution in [3.8, 4) is 0 Å². The molecule has 6 nitrogen and oxygen atoms in total. The third-order valence-electron chi connectivity index (χ3n) is 4.89. The largest absolute Gasteiger partial charge is 0.455 e. The topological polar surface area (TPSA) is 73.9 Å². The quantitative estimate of drug-likeness (QED) is 0.344. The van der Waals surface area contributed by atoms with E-state index in [2.05, 4.69) is 17.9 Å². The molecule has 3 unspecified atom stereocenters. The van der Waals surface area contributed by atoms with Crippen LogP contribution in [0.2, 0.25) is 0 Å². The van der Waals surface area contributed by atoms with Crippen LogP contribution < -0.4 is 5.32 Å². The number of hydrogen-bond acceptors (Lipinski definition) is 7. The van der Waals surface area contributed by atoms with E-state index in [1.54, 1.807) is 14.2 Å². The van der Waals surface area contributed by atoms with Crippen molar-refractivity contribution in [3.63, 3.8) is 0 Å². The van der Waals surface area contributed by atoms with Crippen molar-refractivity contribution in [2.24, 2.45) is 5.92 Å². The summed E-state index contributed by atoms with van der Waals surface area (Å²) in [6, 6.07) is 3.81. The van der Waals surface area contributed by atoms with Crippen molar-refractivity contribution >= 4 is 24.4 Å². The Morgan fingerprint density at radius 3 is 2.77 bits per heavy atom.